The van der Waals surface area contributed by atoms with Crippen molar-refractivity contribution in [3.05, 3.63) is 71.0 Å². The van der Waals surface area contributed by atoms with E-state index in [9.17, 15) is 9.18 Å². The molecule has 0 unspecified atom stereocenters. The number of H-pyrrole nitrogens is 1. The van der Waals surface area contributed by atoms with Crippen LogP contribution in [0.2, 0.25) is 5.02 Å². The van der Waals surface area contributed by atoms with Gasteiger partial charge in [0.2, 0.25) is 0 Å². The molecule has 1 fully saturated rings. The van der Waals surface area contributed by atoms with E-state index in [2.05, 4.69) is 15.1 Å². The van der Waals surface area contributed by atoms with Gasteiger partial charge in [0.1, 0.15) is 5.82 Å². The molecule has 0 aliphatic carbocycles. The monoisotopic (exact) mass is 384 g/mol. The number of amides is 1. The smallest absolute Gasteiger partial charge is 0.255 e. The molecular formula is C20H18ClFN4O. The molecule has 0 radical (unpaired) electrons. The number of nitrogens with one attached hydrogen (secondary N) is 1. The number of aromatic amines is 1. The van der Waals surface area contributed by atoms with E-state index < -0.39 is 5.82 Å². The highest BCUT2D eigenvalue weighted by Gasteiger charge is 2.25. The van der Waals surface area contributed by atoms with Gasteiger partial charge in [0.05, 0.1) is 16.3 Å². The highest BCUT2D eigenvalue weighted by atomic mass is 35.5. The van der Waals surface area contributed by atoms with Crippen molar-refractivity contribution in [1.29, 1.82) is 0 Å². The minimum Gasteiger partial charge on any atom is -0.352 e. The van der Waals surface area contributed by atoms with Crippen LogP contribution in [0.25, 0.3) is 11.3 Å². The number of aromatic nitrogens is 2. The van der Waals surface area contributed by atoms with Crippen molar-refractivity contribution in [3.8, 4) is 11.3 Å². The largest absolute Gasteiger partial charge is 0.352 e. The molecule has 0 spiro atoms. The molecule has 1 saturated heterocycles. The molecule has 2 aromatic carbocycles. The lowest BCUT2D eigenvalue weighted by Gasteiger charge is -2.35. The first-order valence-corrected chi connectivity index (χ1v) is 9.10. The van der Waals surface area contributed by atoms with E-state index in [1.807, 2.05) is 36.4 Å². The van der Waals surface area contributed by atoms with Crippen LogP contribution >= 0.6 is 11.6 Å². The summed E-state index contributed by atoms with van der Waals surface area (Å²) in [6.07, 6.45) is 0. The van der Waals surface area contributed by atoms with E-state index in [1.54, 1.807) is 4.90 Å². The maximum Gasteiger partial charge on any atom is 0.255 e. The fourth-order valence-electron chi connectivity index (χ4n) is 3.21. The standard InChI is InChI=1S/C20H18ClFN4O/c21-17-12-15(22)6-7-16(17)20(27)26-10-8-25(9-11-26)19-13-18(23-24-19)14-4-2-1-3-5-14/h1-7,12-13H,8-11H2,(H,23,24). The third kappa shape index (κ3) is 3.66. The predicted octanol–water partition coefficient (Wildman–Crippen LogP) is 3.83. The fraction of sp³-hybridized carbons (Fsp3) is 0.200. The van der Waals surface area contributed by atoms with E-state index in [4.69, 9.17) is 11.6 Å². The molecule has 1 aliphatic heterocycles. The van der Waals surface area contributed by atoms with Gasteiger partial charge in [-0.25, -0.2) is 4.39 Å². The van der Waals surface area contributed by atoms with Crippen molar-refractivity contribution in [2.75, 3.05) is 31.1 Å². The molecule has 27 heavy (non-hydrogen) atoms. The van der Waals surface area contributed by atoms with E-state index in [0.29, 0.717) is 31.7 Å². The van der Waals surface area contributed by atoms with Crippen LogP contribution in [0, 0.1) is 5.82 Å². The number of hydrogen-bond acceptors (Lipinski definition) is 3. The second kappa shape index (κ2) is 7.40. The SMILES string of the molecule is O=C(c1ccc(F)cc1Cl)N1CCN(c2cc(-c3ccccc3)[nH]n2)CC1. The van der Waals surface area contributed by atoms with Crippen LogP contribution in [0.1, 0.15) is 10.4 Å². The normalized spacial score (nSPS) is 14.4. The maximum atomic E-state index is 13.2. The summed E-state index contributed by atoms with van der Waals surface area (Å²) in [5, 5.41) is 7.61. The first kappa shape index (κ1) is 17.5. The molecule has 7 heteroatoms. The molecule has 1 aliphatic rings. The zero-order chi connectivity index (χ0) is 18.8. The molecule has 3 aromatic rings. The molecule has 1 amide bonds. The topological polar surface area (TPSA) is 52.2 Å². The van der Waals surface area contributed by atoms with Crippen molar-refractivity contribution >= 4 is 23.3 Å². The van der Waals surface area contributed by atoms with E-state index >= 15 is 0 Å². The van der Waals surface area contributed by atoms with Gasteiger partial charge in [0, 0.05) is 32.2 Å². The van der Waals surface area contributed by atoms with Gasteiger partial charge in [-0.1, -0.05) is 41.9 Å². The lowest BCUT2D eigenvalue weighted by Crippen LogP contribution is -2.49. The Kier molecular flexibility index (Phi) is 4.81. The molecule has 0 atom stereocenters. The molecule has 1 aromatic heterocycles. The van der Waals surface area contributed by atoms with E-state index in [-0.39, 0.29) is 10.9 Å². The van der Waals surface area contributed by atoms with Crippen LogP contribution in [-0.2, 0) is 0 Å². The third-order valence-electron chi connectivity index (χ3n) is 4.70. The number of carbonyl (C=O) groups is 1. The minimum absolute atomic E-state index is 0.141. The molecule has 0 saturated carbocycles. The van der Waals surface area contributed by atoms with Crippen molar-refractivity contribution in [2.45, 2.75) is 0 Å². The zero-order valence-electron chi connectivity index (χ0n) is 14.5. The Balaban J connectivity index is 1.42. The summed E-state index contributed by atoms with van der Waals surface area (Å²) in [7, 11) is 0. The Morgan fingerprint density at radius 2 is 1.78 bits per heavy atom. The second-order valence-corrected chi connectivity index (χ2v) is 6.82. The average molecular weight is 385 g/mol. The number of hydrogen-bond donors (Lipinski definition) is 1. The van der Waals surface area contributed by atoms with Crippen molar-refractivity contribution < 1.29 is 9.18 Å². The summed E-state index contributed by atoms with van der Waals surface area (Å²) in [6.45, 7) is 2.45. The summed E-state index contributed by atoms with van der Waals surface area (Å²) in [5.74, 6) is 0.238. The molecule has 5 nitrogen and oxygen atoms in total. The number of benzene rings is 2. The average Bonchev–Trinajstić information content (AvgIpc) is 3.19. The molecule has 0 bridgehead atoms. The first-order chi connectivity index (χ1) is 13.1. The minimum atomic E-state index is -0.450. The highest BCUT2D eigenvalue weighted by molar-refractivity contribution is 6.33. The number of halogens is 2. The van der Waals surface area contributed by atoms with Crippen molar-refractivity contribution in [2.24, 2.45) is 0 Å². The van der Waals surface area contributed by atoms with Gasteiger partial charge in [-0.05, 0) is 23.8 Å². The Labute approximate surface area is 161 Å². The van der Waals surface area contributed by atoms with Gasteiger partial charge in [0.25, 0.3) is 5.91 Å². The lowest BCUT2D eigenvalue weighted by molar-refractivity contribution is 0.0746. The number of carbonyl (C=O) groups excluding carboxylic acids is 1. The zero-order valence-corrected chi connectivity index (χ0v) is 15.3. The van der Waals surface area contributed by atoms with Gasteiger partial charge in [-0.15, -0.1) is 0 Å². The molecule has 138 valence electrons. The predicted molar refractivity (Wildman–Crippen MR) is 104 cm³/mol. The van der Waals surface area contributed by atoms with Gasteiger partial charge in [-0.3, -0.25) is 9.89 Å². The quantitative estimate of drug-likeness (QED) is 0.746. The number of anilines is 1. The molecule has 2 heterocycles. The summed E-state index contributed by atoms with van der Waals surface area (Å²) < 4.78 is 13.2. The Morgan fingerprint density at radius 3 is 2.48 bits per heavy atom. The summed E-state index contributed by atoms with van der Waals surface area (Å²) >= 11 is 6.02. The van der Waals surface area contributed by atoms with Crippen molar-refractivity contribution in [1.82, 2.24) is 15.1 Å². The highest BCUT2D eigenvalue weighted by Crippen LogP contribution is 2.24. The van der Waals surface area contributed by atoms with Crippen LogP contribution in [-0.4, -0.2) is 47.2 Å². The van der Waals surface area contributed by atoms with Crippen LogP contribution in [0.3, 0.4) is 0 Å². The summed E-state index contributed by atoms with van der Waals surface area (Å²) in [6, 6.07) is 15.9. The van der Waals surface area contributed by atoms with E-state index in [0.717, 1.165) is 17.1 Å². The van der Waals surface area contributed by atoms with E-state index in [1.165, 1.54) is 18.2 Å². The van der Waals surface area contributed by atoms with Gasteiger partial charge >= 0.3 is 0 Å². The van der Waals surface area contributed by atoms with Gasteiger partial charge in [-0.2, -0.15) is 5.10 Å². The first-order valence-electron chi connectivity index (χ1n) is 8.72. The Bertz CT molecular complexity index is 952. The maximum absolute atomic E-state index is 13.2. The third-order valence-corrected chi connectivity index (χ3v) is 5.01. The fourth-order valence-corrected chi connectivity index (χ4v) is 3.46. The molecule has 4 rings (SSSR count). The number of piperazine rings is 1. The van der Waals surface area contributed by atoms with Crippen molar-refractivity contribution in [3.63, 3.8) is 0 Å². The number of nitrogens with zero attached hydrogens (tertiary/aromatic N) is 3. The Hall–Kier alpha value is -2.86. The van der Waals surface area contributed by atoms with Gasteiger partial charge in [0.15, 0.2) is 5.82 Å². The van der Waals surface area contributed by atoms with Crippen LogP contribution < -0.4 is 4.90 Å². The van der Waals surface area contributed by atoms with Crippen LogP contribution in [0.4, 0.5) is 10.2 Å². The summed E-state index contributed by atoms with van der Waals surface area (Å²) in [4.78, 5) is 16.5. The summed E-state index contributed by atoms with van der Waals surface area (Å²) in [5.41, 5.74) is 2.37. The molecular weight excluding hydrogens is 367 g/mol. The lowest BCUT2D eigenvalue weighted by atomic mass is 10.1. The number of rotatable bonds is 3. The second-order valence-electron chi connectivity index (χ2n) is 6.41. The van der Waals surface area contributed by atoms with Crippen LogP contribution in [0.15, 0.2) is 54.6 Å². The Morgan fingerprint density at radius 1 is 1.04 bits per heavy atom. The molecule has 1 N–H and O–H groups in total. The van der Waals surface area contributed by atoms with Crippen LogP contribution in [0.5, 0.6) is 0 Å². The van der Waals surface area contributed by atoms with Gasteiger partial charge < -0.3 is 9.80 Å².